The third-order valence-corrected chi connectivity index (χ3v) is 4.24. The summed E-state index contributed by atoms with van der Waals surface area (Å²) >= 11 is 10.4. The van der Waals surface area contributed by atoms with E-state index < -0.39 is 11.8 Å². The van der Waals surface area contributed by atoms with Crippen molar-refractivity contribution in [2.24, 2.45) is 0 Å². The SMILES string of the molecule is O=C(COc1ccccc1Cl)NNC(=O)c1ccc(Br)s1. The van der Waals surface area contributed by atoms with Crippen LogP contribution in [0.1, 0.15) is 9.67 Å². The Balaban J connectivity index is 1.78. The Hall–Kier alpha value is -1.57. The topological polar surface area (TPSA) is 67.4 Å². The predicted octanol–water partition coefficient (Wildman–Crippen LogP) is 3.00. The van der Waals surface area contributed by atoms with Crippen LogP contribution in [0.5, 0.6) is 5.75 Å². The lowest BCUT2D eigenvalue weighted by molar-refractivity contribution is -0.123. The van der Waals surface area contributed by atoms with Crippen molar-refractivity contribution in [3.63, 3.8) is 0 Å². The zero-order valence-corrected chi connectivity index (χ0v) is 13.7. The lowest BCUT2D eigenvalue weighted by Gasteiger charge is -2.09. The predicted molar refractivity (Wildman–Crippen MR) is 84.6 cm³/mol. The smallest absolute Gasteiger partial charge is 0.279 e. The molecule has 0 fully saturated rings. The second-order valence-corrected chi connectivity index (χ2v) is 6.70. The lowest BCUT2D eigenvalue weighted by Crippen LogP contribution is -2.43. The van der Waals surface area contributed by atoms with Crippen LogP contribution in [0.15, 0.2) is 40.2 Å². The maximum atomic E-state index is 11.7. The third kappa shape index (κ3) is 4.73. The molecule has 0 saturated carbocycles. The van der Waals surface area contributed by atoms with E-state index >= 15 is 0 Å². The molecule has 0 aliphatic carbocycles. The van der Waals surface area contributed by atoms with Gasteiger partial charge in [0.1, 0.15) is 5.75 Å². The molecule has 2 N–H and O–H groups in total. The van der Waals surface area contributed by atoms with Gasteiger partial charge in [0, 0.05) is 0 Å². The molecular formula is C13H10BrClN2O3S. The first kappa shape index (κ1) is 15.8. The Morgan fingerprint density at radius 2 is 1.95 bits per heavy atom. The second-order valence-electron chi connectivity index (χ2n) is 3.83. The summed E-state index contributed by atoms with van der Waals surface area (Å²) in [6.07, 6.45) is 0. The van der Waals surface area contributed by atoms with Gasteiger partial charge in [-0.05, 0) is 40.2 Å². The fourth-order valence-corrected chi connectivity index (χ4v) is 2.84. The van der Waals surface area contributed by atoms with Crippen molar-refractivity contribution in [2.45, 2.75) is 0 Å². The number of ether oxygens (including phenoxy) is 1. The molecular weight excluding hydrogens is 380 g/mol. The quantitative estimate of drug-likeness (QED) is 0.790. The van der Waals surface area contributed by atoms with Crippen molar-refractivity contribution >= 4 is 50.7 Å². The molecule has 1 heterocycles. The van der Waals surface area contributed by atoms with Crippen LogP contribution in [0.3, 0.4) is 0 Å². The van der Waals surface area contributed by atoms with Crippen LogP contribution < -0.4 is 15.6 Å². The first-order chi connectivity index (χ1) is 10.1. The van der Waals surface area contributed by atoms with Gasteiger partial charge in [0.05, 0.1) is 13.7 Å². The van der Waals surface area contributed by atoms with Gasteiger partial charge in [0.2, 0.25) is 0 Å². The van der Waals surface area contributed by atoms with Gasteiger partial charge in [-0.1, -0.05) is 23.7 Å². The number of hydrogen-bond acceptors (Lipinski definition) is 4. The minimum Gasteiger partial charge on any atom is -0.482 e. The van der Waals surface area contributed by atoms with Gasteiger partial charge in [0.25, 0.3) is 11.8 Å². The normalized spacial score (nSPS) is 10.0. The van der Waals surface area contributed by atoms with E-state index in [4.69, 9.17) is 16.3 Å². The van der Waals surface area contributed by atoms with E-state index in [1.165, 1.54) is 11.3 Å². The molecule has 21 heavy (non-hydrogen) atoms. The van der Waals surface area contributed by atoms with E-state index in [1.54, 1.807) is 36.4 Å². The molecule has 2 aromatic rings. The fraction of sp³-hybridized carbons (Fsp3) is 0.0769. The summed E-state index contributed by atoms with van der Waals surface area (Å²) in [5.74, 6) is -0.474. The molecule has 2 rings (SSSR count). The fourth-order valence-electron chi connectivity index (χ4n) is 1.37. The van der Waals surface area contributed by atoms with Crippen molar-refractivity contribution in [3.05, 3.63) is 50.1 Å². The van der Waals surface area contributed by atoms with Crippen molar-refractivity contribution in [1.82, 2.24) is 10.9 Å². The largest absolute Gasteiger partial charge is 0.482 e. The molecule has 0 atom stereocenters. The number of benzene rings is 1. The summed E-state index contributed by atoms with van der Waals surface area (Å²) in [6, 6.07) is 10.2. The van der Waals surface area contributed by atoms with E-state index in [0.29, 0.717) is 15.6 Å². The molecule has 2 amide bonds. The molecule has 1 aromatic carbocycles. The van der Waals surface area contributed by atoms with Crippen LogP contribution in [0.4, 0.5) is 0 Å². The van der Waals surface area contributed by atoms with Crippen LogP contribution in [0.25, 0.3) is 0 Å². The first-order valence-electron chi connectivity index (χ1n) is 5.78. The number of thiophene rings is 1. The maximum absolute atomic E-state index is 11.7. The van der Waals surface area contributed by atoms with Gasteiger partial charge in [-0.15, -0.1) is 11.3 Å². The summed E-state index contributed by atoms with van der Waals surface area (Å²) in [5.41, 5.74) is 4.57. The molecule has 0 spiro atoms. The standard InChI is InChI=1S/C13H10BrClN2O3S/c14-11-6-5-10(21-11)13(19)17-16-12(18)7-20-9-4-2-1-3-8(9)15/h1-6H,7H2,(H,16,18)(H,17,19). The molecule has 1 aromatic heterocycles. The lowest BCUT2D eigenvalue weighted by atomic mass is 10.3. The van der Waals surface area contributed by atoms with E-state index in [9.17, 15) is 9.59 Å². The average Bonchev–Trinajstić information content (AvgIpc) is 2.90. The Kier molecular flexibility index (Phi) is 5.60. The third-order valence-electron chi connectivity index (χ3n) is 2.31. The van der Waals surface area contributed by atoms with Crippen molar-refractivity contribution in [3.8, 4) is 5.75 Å². The van der Waals surface area contributed by atoms with Crippen LogP contribution in [0.2, 0.25) is 5.02 Å². The van der Waals surface area contributed by atoms with Gasteiger partial charge in [-0.2, -0.15) is 0 Å². The van der Waals surface area contributed by atoms with E-state index in [1.807, 2.05) is 0 Å². The molecule has 0 unspecified atom stereocenters. The van der Waals surface area contributed by atoms with E-state index in [-0.39, 0.29) is 6.61 Å². The monoisotopic (exact) mass is 388 g/mol. The summed E-state index contributed by atoms with van der Waals surface area (Å²) in [5, 5.41) is 0.415. The number of carbonyl (C=O) groups is 2. The van der Waals surface area contributed by atoms with Crippen molar-refractivity contribution in [2.75, 3.05) is 6.61 Å². The molecule has 8 heteroatoms. The molecule has 0 aliphatic rings. The minimum absolute atomic E-state index is 0.252. The summed E-state index contributed by atoms with van der Waals surface area (Å²) in [4.78, 5) is 23.7. The highest BCUT2D eigenvalue weighted by Crippen LogP contribution is 2.23. The molecule has 0 radical (unpaired) electrons. The number of hydrazine groups is 1. The zero-order chi connectivity index (χ0) is 15.2. The van der Waals surface area contributed by atoms with Crippen molar-refractivity contribution in [1.29, 1.82) is 0 Å². The highest BCUT2D eigenvalue weighted by atomic mass is 79.9. The number of amides is 2. The van der Waals surface area contributed by atoms with Gasteiger partial charge in [-0.3, -0.25) is 20.4 Å². The number of halogens is 2. The molecule has 0 aliphatic heterocycles. The van der Waals surface area contributed by atoms with Gasteiger partial charge in [-0.25, -0.2) is 0 Å². The van der Waals surface area contributed by atoms with Crippen LogP contribution in [-0.2, 0) is 4.79 Å². The Bertz CT molecular complexity index is 662. The number of rotatable bonds is 4. The summed E-state index contributed by atoms with van der Waals surface area (Å²) in [6.45, 7) is -0.252. The number of hydrogen-bond donors (Lipinski definition) is 2. The second kappa shape index (κ2) is 7.44. The summed E-state index contributed by atoms with van der Waals surface area (Å²) < 4.78 is 6.07. The minimum atomic E-state index is -0.487. The number of nitrogens with one attached hydrogen (secondary N) is 2. The maximum Gasteiger partial charge on any atom is 0.279 e. The zero-order valence-electron chi connectivity index (χ0n) is 10.6. The van der Waals surface area contributed by atoms with Crippen LogP contribution in [-0.4, -0.2) is 18.4 Å². The van der Waals surface area contributed by atoms with Crippen LogP contribution >= 0.6 is 38.9 Å². The first-order valence-corrected chi connectivity index (χ1v) is 7.77. The van der Waals surface area contributed by atoms with Gasteiger partial charge < -0.3 is 4.74 Å². The summed E-state index contributed by atoms with van der Waals surface area (Å²) in [7, 11) is 0. The number of para-hydroxylation sites is 1. The molecule has 110 valence electrons. The van der Waals surface area contributed by atoms with Crippen LogP contribution in [0, 0.1) is 0 Å². The molecule has 5 nitrogen and oxygen atoms in total. The highest BCUT2D eigenvalue weighted by molar-refractivity contribution is 9.11. The van der Waals surface area contributed by atoms with Crippen molar-refractivity contribution < 1.29 is 14.3 Å². The number of carbonyl (C=O) groups excluding carboxylic acids is 2. The Morgan fingerprint density at radius 1 is 1.19 bits per heavy atom. The van der Waals surface area contributed by atoms with E-state index in [2.05, 4.69) is 26.8 Å². The Morgan fingerprint density at radius 3 is 2.62 bits per heavy atom. The highest BCUT2D eigenvalue weighted by Gasteiger charge is 2.10. The average molecular weight is 390 g/mol. The van der Waals surface area contributed by atoms with E-state index in [0.717, 1.165) is 3.79 Å². The van der Waals surface area contributed by atoms with Gasteiger partial charge in [0.15, 0.2) is 6.61 Å². The van der Waals surface area contributed by atoms with Gasteiger partial charge >= 0.3 is 0 Å². The Labute approximate surface area is 138 Å². The molecule has 0 bridgehead atoms. The molecule has 0 saturated heterocycles.